The van der Waals surface area contributed by atoms with Gasteiger partial charge in [-0.1, -0.05) is 11.8 Å². The molecule has 0 aromatic carbocycles. The monoisotopic (exact) mass is 186 g/mol. The molecule has 3 N–H and O–H groups in total. The molecule has 1 rings (SSSR count). The van der Waals surface area contributed by atoms with Gasteiger partial charge in [0.15, 0.2) is 0 Å². The van der Waals surface area contributed by atoms with Gasteiger partial charge in [0, 0.05) is 6.08 Å². The Morgan fingerprint density at radius 1 is 1.83 bits per heavy atom. The van der Waals surface area contributed by atoms with Crippen LogP contribution in [0, 0.1) is 0 Å². The molecule has 0 atom stereocenters. The maximum absolute atomic E-state index is 10.0. The van der Waals surface area contributed by atoms with Gasteiger partial charge >= 0.3 is 5.97 Å². The molecule has 0 aliphatic heterocycles. The van der Waals surface area contributed by atoms with E-state index in [-0.39, 0.29) is 0 Å². The molecule has 12 heavy (non-hydrogen) atoms. The van der Waals surface area contributed by atoms with Crippen molar-refractivity contribution in [2.24, 2.45) is 0 Å². The van der Waals surface area contributed by atoms with Crippen LogP contribution in [-0.4, -0.2) is 25.9 Å². The summed E-state index contributed by atoms with van der Waals surface area (Å²) in [7, 11) is 0. The van der Waals surface area contributed by atoms with E-state index in [4.69, 9.17) is 10.9 Å². The number of hydrogen-bond acceptors (Lipinski definition) is 5. The summed E-state index contributed by atoms with van der Waals surface area (Å²) in [5.74, 6) is 4.34. The smallest absolute Gasteiger partial charge is 0.328 e. The van der Waals surface area contributed by atoms with Gasteiger partial charge in [-0.05, 0) is 5.41 Å². The first-order valence-corrected chi connectivity index (χ1v) is 3.79. The third-order valence-corrected chi connectivity index (χ3v) is 1.70. The average molecular weight is 186 g/mol. The van der Waals surface area contributed by atoms with Crippen LogP contribution < -0.4 is 5.84 Å². The summed E-state index contributed by atoms with van der Waals surface area (Å²) in [6.45, 7) is 0. The molecule has 1 aromatic heterocycles. The molecule has 0 radical (unpaired) electrons. The number of hydrogen-bond donors (Lipinski definition) is 2. The van der Waals surface area contributed by atoms with Crippen molar-refractivity contribution in [3.05, 3.63) is 17.8 Å². The molecule has 0 fully saturated rings. The molecule has 0 unspecified atom stereocenters. The second kappa shape index (κ2) is 3.77. The number of rotatable bonds is 3. The van der Waals surface area contributed by atoms with E-state index in [9.17, 15) is 4.79 Å². The summed E-state index contributed by atoms with van der Waals surface area (Å²) in [6, 6.07) is 0. The van der Waals surface area contributed by atoms with Crippen molar-refractivity contribution in [1.29, 1.82) is 0 Å². The molecule has 0 bridgehead atoms. The van der Waals surface area contributed by atoms with Gasteiger partial charge in [0.2, 0.25) is 5.16 Å². The second-order valence-electron chi connectivity index (χ2n) is 1.78. The molecule has 1 aromatic rings. The highest BCUT2D eigenvalue weighted by molar-refractivity contribution is 8.02. The van der Waals surface area contributed by atoms with E-state index in [0.29, 0.717) is 5.16 Å². The molecule has 0 spiro atoms. The number of carboxylic acids is 1. The standard InChI is InChI=1S/C5H6N4O2S/c6-9-3-7-8-5(9)12-2-1-4(10)11/h1-3H,6H2,(H,10,11). The Hall–Kier alpha value is -1.50. The number of aliphatic carboxylic acids is 1. The van der Waals surface area contributed by atoms with Crippen molar-refractivity contribution in [2.45, 2.75) is 5.16 Å². The Morgan fingerprint density at radius 2 is 2.58 bits per heavy atom. The lowest BCUT2D eigenvalue weighted by molar-refractivity contribution is -0.131. The molecule has 0 saturated heterocycles. The Labute approximate surface area is 72.1 Å². The van der Waals surface area contributed by atoms with Crippen LogP contribution in [0.1, 0.15) is 0 Å². The van der Waals surface area contributed by atoms with Crippen molar-refractivity contribution < 1.29 is 9.90 Å². The quantitative estimate of drug-likeness (QED) is 0.382. The van der Waals surface area contributed by atoms with Crippen molar-refractivity contribution in [1.82, 2.24) is 14.9 Å². The Kier molecular flexibility index (Phi) is 2.70. The normalized spacial score (nSPS) is 10.7. The van der Waals surface area contributed by atoms with Gasteiger partial charge in [0.1, 0.15) is 6.33 Å². The first-order valence-electron chi connectivity index (χ1n) is 2.91. The summed E-state index contributed by atoms with van der Waals surface area (Å²) >= 11 is 1.08. The fourth-order valence-corrected chi connectivity index (χ4v) is 1.04. The van der Waals surface area contributed by atoms with Crippen molar-refractivity contribution in [2.75, 3.05) is 5.84 Å². The molecule has 0 saturated carbocycles. The first-order chi connectivity index (χ1) is 5.70. The fourth-order valence-electron chi connectivity index (χ4n) is 0.469. The zero-order valence-electron chi connectivity index (χ0n) is 5.91. The number of nitrogens with zero attached hydrogens (tertiary/aromatic N) is 3. The molecule has 64 valence electrons. The van der Waals surface area contributed by atoms with Crippen LogP contribution in [0.4, 0.5) is 0 Å². The highest BCUT2D eigenvalue weighted by Crippen LogP contribution is 2.12. The third kappa shape index (κ3) is 2.27. The minimum atomic E-state index is -1.01. The molecule has 0 aliphatic rings. The molecule has 0 aliphatic carbocycles. The zero-order valence-corrected chi connectivity index (χ0v) is 6.73. The maximum Gasteiger partial charge on any atom is 0.328 e. The van der Waals surface area contributed by atoms with Gasteiger partial charge < -0.3 is 10.9 Å². The van der Waals surface area contributed by atoms with Gasteiger partial charge in [0.05, 0.1) is 0 Å². The van der Waals surface area contributed by atoms with Gasteiger partial charge in [-0.15, -0.1) is 10.2 Å². The summed E-state index contributed by atoms with van der Waals surface area (Å²) in [6.07, 6.45) is 2.33. The topological polar surface area (TPSA) is 94.0 Å². The fraction of sp³-hybridized carbons (Fsp3) is 0. The highest BCUT2D eigenvalue weighted by Gasteiger charge is 1.98. The van der Waals surface area contributed by atoms with Crippen LogP contribution in [0.25, 0.3) is 0 Å². The van der Waals surface area contributed by atoms with Crippen LogP contribution in [-0.2, 0) is 4.79 Å². The molecule has 1 heterocycles. The summed E-state index contributed by atoms with van der Waals surface area (Å²) in [4.78, 5) is 10.0. The number of thioether (sulfide) groups is 1. The van der Waals surface area contributed by atoms with E-state index in [2.05, 4.69) is 10.2 Å². The summed E-state index contributed by atoms with van der Waals surface area (Å²) in [5.41, 5.74) is 0. The van der Waals surface area contributed by atoms with E-state index in [1.807, 2.05) is 0 Å². The first kappa shape index (κ1) is 8.60. The number of carboxylic acid groups (broad SMARTS) is 1. The number of carbonyl (C=O) groups is 1. The Bertz CT molecular complexity index is 308. The van der Waals surface area contributed by atoms with Crippen molar-refractivity contribution >= 4 is 17.7 Å². The Balaban J connectivity index is 2.54. The Morgan fingerprint density at radius 3 is 3.08 bits per heavy atom. The summed E-state index contributed by atoms with van der Waals surface area (Å²) < 4.78 is 1.21. The molecule has 7 heteroatoms. The molecule has 6 nitrogen and oxygen atoms in total. The van der Waals surface area contributed by atoms with E-state index >= 15 is 0 Å². The van der Waals surface area contributed by atoms with Gasteiger partial charge in [0.25, 0.3) is 0 Å². The largest absolute Gasteiger partial charge is 0.478 e. The number of aromatic nitrogens is 3. The summed E-state index contributed by atoms with van der Waals surface area (Å²) in [5, 5.41) is 17.2. The third-order valence-electron chi connectivity index (χ3n) is 0.924. The van der Waals surface area contributed by atoms with Gasteiger partial charge in [-0.3, -0.25) is 0 Å². The van der Waals surface area contributed by atoms with E-state index in [1.165, 1.54) is 16.4 Å². The average Bonchev–Trinajstić information content (AvgIpc) is 2.36. The zero-order chi connectivity index (χ0) is 8.97. The molecular weight excluding hydrogens is 180 g/mol. The minimum absolute atomic E-state index is 0.438. The lowest BCUT2D eigenvalue weighted by Gasteiger charge is -1.91. The minimum Gasteiger partial charge on any atom is -0.478 e. The molecular formula is C5H6N4O2S. The van der Waals surface area contributed by atoms with Gasteiger partial charge in [-0.25, -0.2) is 9.47 Å². The lowest BCUT2D eigenvalue weighted by Crippen LogP contribution is -2.06. The predicted molar refractivity (Wildman–Crippen MR) is 42.8 cm³/mol. The van der Waals surface area contributed by atoms with Crippen LogP contribution in [0.2, 0.25) is 0 Å². The van der Waals surface area contributed by atoms with E-state index in [0.717, 1.165) is 17.8 Å². The highest BCUT2D eigenvalue weighted by atomic mass is 32.2. The maximum atomic E-state index is 10.0. The SMILES string of the molecule is Nn1cnnc1SC=CC(=O)O. The van der Waals surface area contributed by atoms with Crippen molar-refractivity contribution in [3.63, 3.8) is 0 Å². The lowest BCUT2D eigenvalue weighted by atomic mass is 10.7. The van der Waals surface area contributed by atoms with Crippen LogP contribution >= 0.6 is 11.8 Å². The van der Waals surface area contributed by atoms with Crippen LogP contribution in [0.3, 0.4) is 0 Å². The van der Waals surface area contributed by atoms with E-state index in [1.54, 1.807) is 0 Å². The van der Waals surface area contributed by atoms with Gasteiger partial charge in [-0.2, -0.15) is 0 Å². The number of nitrogen functional groups attached to an aromatic ring is 1. The van der Waals surface area contributed by atoms with Crippen LogP contribution in [0.15, 0.2) is 23.0 Å². The van der Waals surface area contributed by atoms with Crippen LogP contribution in [0.5, 0.6) is 0 Å². The predicted octanol–water partition coefficient (Wildman–Crippen LogP) is -0.318. The number of nitrogens with two attached hydrogens (primary N) is 1. The second-order valence-corrected chi connectivity index (χ2v) is 2.65. The van der Waals surface area contributed by atoms with E-state index < -0.39 is 5.97 Å². The van der Waals surface area contributed by atoms with Crippen molar-refractivity contribution in [3.8, 4) is 0 Å². The molecule has 0 amide bonds.